The summed E-state index contributed by atoms with van der Waals surface area (Å²) in [5, 5.41) is 20.4. The van der Waals surface area contributed by atoms with Crippen LogP contribution >= 0.6 is 24.0 Å². The van der Waals surface area contributed by atoms with Gasteiger partial charge in [0.15, 0.2) is 0 Å². The van der Waals surface area contributed by atoms with Crippen molar-refractivity contribution >= 4 is 57.6 Å². The van der Waals surface area contributed by atoms with Gasteiger partial charge >= 0.3 is 5.97 Å². The molecule has 9 nitrogen and oxygen atoms in total. The van der Waals surface area contributed by atoms with E-state index in [0.29, 0.717) is 20.7 Å². The number of aliphatic carboxylic acids is 1. The second-order valence-corrected chi connectivity index (χ2v) is 10.5. The summed E-state index contributed by atoms with van der Waals surface area (Å²) < 4.78 is 5.89. The molecule has 0 atom stereocenters. The number of carboxylic acid groups (broad SMARTS) is 1. The number of non-ortho nitro benzene ring substituents is 1. The number of nitro groups is 1. The van der Waals surface area contributed by atoms with E-state index >= 15 is 0 Å². The molecule has 0 saturated carbocycles. The van der Waals surface area contributed by atoms with Crippen LogP contribution in [-0.4, -0.2) is 57.9 Å². The molecule has 37 heavy (non-hydrogen) atoms. The molecular weight excluding hydrogens is 514 g/mol. The summed E-state index contributed by atoms with van der Waals surface area (Å²) >= 11 is 6.47. The van der Waals surface area contributed by atoms with Crippen molar-refractivity contribution in [2.75, 3.05) is 31.6 Å². The standard InChI is InChI=1S/C26H27N3O6S2/c1-35-22-6-3-2-5-20(22)17-10-13-27(14-11-17)21-9-8-19(29(33)34)15-18(21)16-23-25(32)28(26(36)37-23)12-4-7-24(30)31/h2-3,5-6,8-9,15-17H,4,7,10-14H2,1H3,(H,30,31). The van der Waals surface area contributed by atoms with Gasteiger partial charge in [-0.25, -0.2) is 0 Å². The van der Waals surface area contributed by atoms with E-state index in [-0.39, 0.29) is 31.0 Å². The Balaban J connectivity index is 1.56. The average molecular weight is 542 g/mol. The molecule has 2 aromatic carbocycles. The molecule has 0 radical (unpaired) electrons. The van der Waals surface area contributed by atoms with Crippen molar-refractivity contribution in [3.05, 3.63) is 68.6 Å². The molecule has 1 amide bonds. The molecule has 4 rings (SSSR count). The third-order valence-corrected chi connectivity index (χ3v) is 7.95. The first-order valence-electron chi connectivity index (χ1n) is 11.9. The largest absolute Gasteiger partial charge is 0.496 e. The first kappa shape index (κ1) is 26.6. The number of carbonyl (C=O) groups is 2. The normalized spacial score (nSPS) is 17.5. The summed E-state index contributed by atoms with van der Waals surface area (Å²) in [5.74, 6) is -0.0252. The minimum atomic E-state index is -0.934. The number of nitro benzene ring substituents is 1. The Bertz CT molecular complexity index is 1260. The summed E-state index contributed by atoms with van der Waals surface area (Å²) in [6.07, 6.45) is 3.67. The summed E-state index contributed by atoms with van der Waals surface area (Å²) in [4.78, 5) is 38.8. The van der Waals surface area contributed by atoms with Crippen LogP contribution in [0.25, 0.3) is 6.08 Å². The Labute approximate surface area is 224 Å². The lowest BCUT2D eigenvalue weighted by Gasteiger charge is -2.35. The lowest BCUT2D eigenvalue weighted by Crippen LogP contribution is -2.33. The van der Waals surface area contributed by atoms with Crippen LogP contribution < -0.4 is 9.64 Å². The number of nitrogens with zero attached hydrogens (tertiary/aromatic N) is 3. The van der Waals surface area contributed by atoms with Crippen molar-refractivity contribution in [3.63, 3.8) is 0 Å². The number of rotatable bonds is 9. The van der Waals surface area contributed by atoms with E-state index in [9.17, 15) is 19.7 Å². The Morgan fingerprint density at radius 1 is 1.27 bits per heavy atom. The first-order chi connectivity index (χ1) is 17.8. The van der Waals surface area contributed by atoms with Gasteiger partial charge in [0.2, 0.25) is 0 Å². The highest BCUT2D eigenvalue weighted by atomic mass is 32.2. The molecule has 0 unspecified atom stereocenters. The number of amides is 1. The van der Waals surface area contributed by atoms with Crippen LogP contribution in [-0.2, 0) is 9.59 Å². The number of thiocarbonyl (C=S) groups is 1. The van der Waals surface area contributed by atoms with Crippen LogP contribution in [0.2, 0.25) is 0 Å². The minimum Gasteiger partial charge on any atom is -0.496 e. The van der Waals surface area contributed by atoms with E-state index in [0.717, 1.165) is 49.1 Å². The fourth-order valence-electron chi connectivity index (χ4n) is 4.72. The van der Waals surface area contributed by atoms with Crippen LogP contribution in [0.3, 0.4) is 0 Å². The summed E-state index contributed by atoms with van der Waals surface area (Å²) in [5.41, 5.74) is 2.52. The van der Waals surface area contributed by atoms with Crippen LogP contribution in [0.4, 0.5) is 11.4 Å². The number of anilines is 1. The SMILES string of the molecule is COc1ccccc1C1CCN(c2ccc([N+](=O)[O-])cc2C=C2SC(=S)N(CCCC(=O)O)C2=O)CC1. The zero-order valence-electron chi connectivity index (χ0n) is 20.3. The molecule has 2 aromatic rings. The molecule has 0 aliphatic carbocycles. The van der Waals surface area contributed by atoms with Crippen LogP contribution in [0.15, 0.2) is 47.4 Å². The highest BCUT2D eigenvalue weighted by molar-refractivity contribution is 8.26. The van der Waals surface area contributed by atoms with E-state index in [2.05, 4.69) is 11.0 Å². The van der Waals surface area contributed by atoms with Gasteiger partial charge in [-0.1, -0.05) is 42.2 Å². The number of methoxy groups -OCH3 is 1. The predicted octanol–water partition coefficient (Wildman–Crippen LogP) is 5.05. The number of hydrogen-bond acceptors (Lipinski definition) is 8. The quantitative estimate of drug-likeness (QED) is 0.202. The van der Waals surface area contributed by atoms with Crippen molar-refractivity contribution in [1.82, 2.24) is 4.90 Å². The predicted molar refractivity (Wildman–Crippen MR) is 147 cm³/mol. The van der Waals surface area contributed by atoms with Crippen LogP contribution in [0, 0.1) is 10.1 Å². The second kappa shape index (κ2) is 11.7. The molecule has 2 fully saturated rings. The zero-order valence-corrected chi connectivity index (χ0v) is 21.9. The van der Waals surface area contributed by atoms with E-state index < -0.39 is 10.9 Å². The van der Waals surface area contributed by atoms with E-state index in [1.165, 1.54) is 22.6 Å². The average Bonchev–Trinajstić information content (AvgIpc) is 3.15. The molecule has 2 saturated heterocycles. The van der Waals surface area contributed by atoms with E-state index in [1.54, 1.807) is 19.3 Å². The maximum atomic E-state index is 13.0. The number of thioether (sulfide) groups is 1. The number of para-hydroxylation sites is 1. The fourth-order valence-corrected chi connectivity index (χ4v) is 6.02. The van der Waals surface area contributed by atoms with Crippen molar-refractivity contribution in [2.45, 2.75) is 31.6 Å². The van der Waals surface area contributed by atoms with Crippen molar-refractivity contribution < 1.29 is 24.4 Å². The molecule has 2 aliphatic rings. The molecule has 2 heterocycles. The highest BCUT2D eigenvalue weighted by Gasteiger charge is 2.32. The molecule has 194 valence electrons. The smallest absolute Gasteiger partial charge is 0.303 e. The molecule has 2 aliphatic heterocycles. The summed E-state index contributed by atoms with van der Waals surface area (Å²) in [6, 6.07) is 12.7. The topological polar surface area (TPSA) is 113 Å². The van der Waals surface area contributed by atoms with E-state index in [4.69, 9.17) is 22.1 Å². The summed E-state index contributed by atoms with van der Waals surface area (Å²) in [7, 11) is 1.67. The number of carboxylic acids is 1. The van der Waals surface area contributed by atoms with Crippen molar-refractivity contribution in [2.24, 2.45) is 0 Å². The number of benzene rings is 2. The Hall–Kier alpha value is -3.44. The number of carbonyl (C=O) groups excluding carboxylic acids is 1. The maximum Gasteiger partial charge on any atom is 0.303 e. The fraction of sp³-hybridized carbons (Fsp3) is 0.346. The third-order valence-electron chi connectivity index (χ3n) is 6.57. The molecule has 0 bridgehead atoms. The number of piperidine rings is 1. The molecule has 11 heteroatoms. The van der Waals surface area contributed by atoms with Gasteiger partial charge in [-0.05, 0) is 49.0 Å². The third kappa shape index (κ3) is 6.11. The van der Waals surface area contributed by atoms with Gasteiger partial charge in [0.1, 0.15) is 10.1 Å². The molecular formula is C26H27N3O6S2. The van der Waals surface area contributed by atoms with Gasteiger partial charge in [-0.3, -0.25) is 24.6 Å². The van der Waals surface area contributed by atoms with Gasteiger partial charge in [0.05, 0.1) is 16.9 Å². The van der Waals surface area contributed by atoms with Crippen molar-refractivity contribution in [1.29, 1.82) is 0 Å². The zero-order chi connectivity index (χ0) is 26.5. The lowest BCUT2D eigenvalue weighted by atomic mass is 9.88. The lowest BCUT2D eigenvalue weighted by molar-refractivity contribution is -0.384. The molecule has 1 N–H and O–H groups in total. The van der Waals surface area contributed by atoms with Crippen molar-refractivity contribution in [3.8, 4) is 5.75 Å². The Morgan fingerprint density at radius 2 is 2.00 bits per heavy atom. The second-order valence-electron chi connectivity index (χ2n) is 8.83. The minimum absolute atomic E-state index is 0.0594. The van der Waals surface area contributed by atoms with Gasteiger partial charge in [-0.2, -0.15) is 0 Å². The monoisotopic (exact) mass is 541 g/mol. The number of hydrogen-bond donors (Lipinski definition) is 1. The van der Waals surface area contributed by atoms with E-state index in [1.807, 2.05) is 18.2 Å². The van der Waals surface area contributed by atoms with Gasteiger partial charge in [0, 0.05) is 49.4 Å². The van der Waals surface area contributed by atoms with Gasteiger partial charge in [0.25, 0.3) is 11.6 Å². The Kier molecular flexibility index (Phi) is 8.45. The van der Waals surface area contributed by atoms with Gasteiger partial charge < -0.3 is 14.7 Å². The molecule has 0 spiro atoms. The maximum absolute atomic E-state index is 13.0. The van der Waals surface area contributed by atoms with Gasteiger partial charge in [-0.15, -0.1) is 0 Å². The first-order valence-corrected chi connectivity index (χ1v) is 13.1. The van der Waals surface area contributed by atoms with Crippen LogP contribution in [0.1, 0.15) is 42.7 Å². The highest BCUT2D eigenvalue weighted by Crippen LogP contribution is 2.39. The molecule has 0 aromatic heterocycles. The summed E-state index contributed by atoms with van der Waals surface area (Å²) in [6.45, 7) is 1.71. The number of ether oxygens (including phenoxy) is 1. The Morgan fingerprint density at radius 3 is 2.68 bits per heavy atom. The van der Waals surface area contributed by atoms with Crippen LogP contribution in [0.5, 0.6) is 5.75 Å².